The second-order valence-corrected chi connectivity index (χ2v) is 2.58. The van der Waals surface area contributed by atoms with Gasteiger partial charge in [-0.3, -0.25) is 14.9 Å². The van der Waals surface area contributed by atoms with Crippen LogP contribution in [0.1, 0.15) is 27.2 Å². The van der Waals surface area contributed by atoms with Gasteiger partial charge in [0.25, 0.3) is 0 Å². The van der Waals surface area contributed by atoms with Crippen LogP contribution >= 0.6 is 0 Å². The molecule has 0 aliphatic carbocycles. The molecule has 0 spiro atoms. The molecule has 5 nitrogen and oxygen atoms in total. The minimum Gasteiger partial charge on any atom is -0.456 e. The highest BCUT2D eigenvalue weighted by atomic mass is 16.6. The Labute approximate surface area is 70.9 Å². The zero-order valence-electron chi connectivity index (χ0n) is 7.44. The first kappa shape index (κ1) is 10.9. The van der Waals surface area contributed by atoms with Crippen molar-refractivity contribution in [1.29, 1.82) is 0 Å². The predicted molar refractivity (Wildman–Crippen MR) is 42.3 cm³/mol. The lowest BCUT2D eigenvalue weighted by Gasteiger charge is -2.14. The summed E-state index contributed by atoms with van der Waals surface area (Å²) in [6.45, 7) is 4.45. The molecule has 0 aliphatic heterocycles. The third kappa shape index (κ3) is 3.32. The smallest absolute Gasteiger partial charge is 0.303 e. The molecule has 0 aromatic rings. The van der Waals surface area contributed by atoms with Crippen LogP contribution in [0.2, 0.25) is 0 Å². The quantitative estimate of drug-likeness (QED) is 0.363. The fraction of sp³-hybridized carbons (Fsp3) is 0.857. The maximum Gasteiger partial charge on any atom is 0.303 e. The summed E-state index contributed by atoms with van der Waals surface area (Å²) in [5.74, 6) is -0.484. The largest absolute Gasteiger partial charge is 0.456 e. The molecule has 0 N–H and O–H groups in total. The van der Waals surface area contributed by atoms with Crippen molar-refractivity contribution in [3.8, 4) is 0 Å². The summed E-state index contributed by atoms with van der Waals surface area (Å²) in [4.78, 5) is 20.4. The van der Waals surface area contributed by atoms with Gasteiger partial charge < -0.3 is 4.74 Å². The molecule has 5 heteroatoms. The van der Waals surface area contributed by atoms with Crippen molar-refractivity contribution >= 4 is 5.97 Å². The van der Waals surface area contributed by atoms with E-state index in [4.69, 9.17) is 0 Å². The van der Waals surface area contributed by atoms with Gasteiger partial charge in [-0.1, -0.05) is 6.92 Å². The average Bonchev–Trinajstić information content (AvgIpc) is 1.85. The van der Waals surface area contributed by atoms with Gasteiger partial charge in [-0.05, 0) is 6.92 Å². The Morgan fingerprint density at radius 2 is 2.17 bits per heavy atom. The number of nitro groups is 1. The minimum atomic E-state index is -0.797. The van der Waals surface area contributed by atoms with Gasteiger partial charge in [0.1, 0.15) is 0 Å². The first-order valence-electron chi connectivity index (χ1n) is 3.79. The van der Waals surface area contributed by atoms with E-state index in [-0.39, 0.29) is 0 Å². The molecule has 0 radical (unpaired) electrons. The van der Waals surface area contributed by atoms with Crippen molar-refractivity contribution in [2.75, 3.05) is 0 Å². The zero-order chi connectivity index (χ0) is 9.72. The Bertz CT molecular complexity index is 180. The molecular formula is C7H13NO4. The van der Waals surface area contributed by atoms with E-state index in [1.807, 2.05) is 0 Å². The van der Waals surface area contributed by atoms with E-state index in [1.54, 1.807) is 6.92 Å². The van der Waals surface area contributed by atoms with Crippen molar-refractivity contribution < 1.29 is 14.5 Å². The molecule has 0 saturated carbocycles. The number of esters is 1. The van der Waals surface area contributed by atoms with Gasteiger partial charge in [0.2, 0.25) is 6.04 Å². The van der Waals surface area contributed by atoms with Crippen molar-refractivity contribution in [3.63, 3.8) is 0 Å². The van der Waals surface area contributed by atoms with Crippen LogP contribution in [0.5, 0.6) is 0 Å². The van der Waals surface area contributed by atoms with Crippen molar-refractivity contribution in [2.45, 2.75) is 39.3 Å². The van der Waals surface area contributed by atoms with Crippen LogP contribution in [0.3, 0.4) is 0 Å². The molecule has 12 heavy (non-hydrogen) atoms. The molecule has 2 atom stereocenters. The summed E-state index contributed by atoms with van der Waals surface area (Å²) in [7, 11) is 0. The van der Waals surface area contributed by atoms with Gasteiger partial charge in [-0.15, -0.1) is 0 Å². The summed E-state index contributed by atoms with van der Waals surface area (Å²) in [5.41, 5.74) is 0. The maximum absolute atomic E-state index is 10.5. The van der Waals surface area contributed by atoms with Crippen LogP contribution in [0.25, 0.3) is 0 Å². The number of hydrogen-bond acceptors (Lipinski definition) is 4. The Kier molecular flexibility index (Phi) is 4.25. The van der Waals surface area contributed by atoms with Crippen molar-refractivity contribution in [3.05, 3.63) is 10.1 Å². The summed E-state index contributed by atoms with van der Waals surface area (Å²) in [6, 6.07) is -0.797. The Balaban J connectivity index is 4.11. The molecule has 0 aromatic heterocycles. The number of hydrogen-bond donors (Lipinski definition) is 0. The molecule has 0 amide bonds. The first-order valence-corrected chi connectivity index (χ1v) is 3.79. The number of carbonyl (C=O) groups is 1. The van der Waals surface area contributed by atoms with Crippen LogP contribution in [0.15, 0.2) is 0 Å². The summed E-state index contributed by atoms with van der Waals surface area (Å²) in [6.07, 6.45) is -0.288. The van der Waals surface area contributed by atoms with E-state index < -0.39 is 23.0 Å². The van der Waals surface area contributed by atoms with E-state index in [1.165, 1.54) is 13.8 Å². The van der Waals surface area contributed by atoms with Crippen molar-refractivity contribution in [1.82, 2.24) is 0 Å². The van der Waals surface area contributed by atoms with Crippen molar-refractivity contribution in [2.24, 2.45) is 0 Å². The van der Waals surface area contributed by atoms with Crippen LogP contribution < -0.4 is 0 Å². The highest BCUT2D eigenvalue weighted by Gasteiger charge is 2.27. The molecule has 0 bridgehead atoms. The third-order valence-corrected chi connectivity index (χ3v) is 1.58. The van der Waals surface area contributed by atoms with Crippen LogP contribution in [-0.4, -0.2) is 23.0 Å². The van der Waals surface area contributed by atoms with Crippen LogP contribution in [0, 0.1) is 10.1 Å². The Morgan fingerprint density at radius 1 is 1.67 bits per heavy atom. The lowest BCUT2D eigenvalue weighted by molar-refractivity contribution is -0.533. The predicted octanol–water partition coefficient (Wildman–Crippen LogP) is 0.993. The SMILES string of the molecule is CC[C@@H]([C@H](C)OC(C)=O)[N+](=O)[O-]. The monoisotopic (exact) mass is 175 g/mol. The highest BCUT2D eigenvalue weighted by molar-refractivity contribution is 5.66. The molecule has 0 saturated heterocycles. The normalized spacial score (nSPS) is 14.9. The topological polar surface area (TPSA) is 69.4 Å². The number of nitrogens with zero attached hydrogens (tertiary/aromatic N) is 1. The van der Waals surface area contributed by atoms with E-state index >= 15 is 0 Å². The third-order valence-electron chi connectivity index (χ3n) is 1.58. The standard InChI is InChI=1S/C7H13NO4/c1-4-7(8(10)11)5(2)12-6(3)9/h5,7H,4H2,1-3H3/t5-,7-/m0/s1. The van der Waals surface area contributed by atoms with Gasteiger partial charge in [-0.25, -0.2) is 0 Å². The van der Waals surface area contributed by atoms with Gasteiger partial charge in [0.05, 0.1) is 0 Å². The lowest BCUT2D eigenvalue weighted by atomic mass is 10.1. The van der Waals surface area contributed by atoms with E-state index in [9.17, 15) is 14.9 Å². The Morgan fingerprint density at radius 3 is 2.42 bits per heavy atom. The van der Waals surface area contributed by atoms with Crippen LogP contribution in [-0.2, 0) is 9.53 Å². The van der Waals surface area contributed by atoms with Gasteiger partial charge in [0, 0.05) is 18.3 Å². The van der Waals surface area contributed by atoms with E-state index in [2.05, 4.69) is 4.74 Å². The molecule has 0 unspecified atom stereocenters. The number of ether oxygens (including phenoxy) is 1. The molecule has 0 aromatic carbocycles. The fourth-order valence-corrected chi connectivity index (χ4v) is 0.993. The minimum absolute atomic E-state index is 0.363. The lowest BCUT2D eigenvalue weighted by Crippen LogP contribution is -2.34. The number of rotatable bonds is 4. The van der Waals surface area contributed by atoms with Gasteiger partial charge in [-0.2, -0.15) is 0 Å². The maximum atomic E-state index is 10.5. The Hall–Kier alpha value is -1.13. The zero-order valence-corrected chi connectivity index (χ0v) is 7.44. The molecule has 0 heterocycles. The highest BCUT2D eigenvalue weighted by Crippen LogP contribution is 2.06. The molecule has 0 fully saturated rings. The average molecular weight is 175 g/mol. The van der Waals surface area contributed by atoms with Gasteiger partial charge >= 0.3 is 5.97 Å². The summed E-state index contributed by atoms with van der Waals surface area (Å²) < 4.78 is 4.68. The second-order valence-electron chi connectivity index (χ2n) is 2.58. The summed E-state index contributed by atoms with van der Waals surface area (Å²) >= 11 is 0. The van der Waals surface area contributed by atoms with E-state index in [0.717, 1.165) is 0 Å². The first-order chi connectivity index (χ1) is 5.49. The molecule has 0 rings (SSSR count). The van der Waals surface area contributed by atoms with Gasteiger partial charge in [0.15, 0.2) is 6.10 Å². The number of carbonyl (C=O) groups excluding carboxylic acids is 1. The fourth-order valence-electron chi connectivity index (χ4n) is 0.993. The molecule has 0 aliphatic rings. The van der Waals surface area contributed by atoms with Crippen LogP contribution in [0.4, 0.5) is 0 Å². The van der Waals surface area contributed by atoms with E-state index in [0.29, 0.717) is 6.42 Å². The summed E-state index contributed by atoms with van der Waals surface area (Å²) in [5, 5.41) is 10.4. The molecule has 70 valence electrons. The second kappa shape index (κ2) is 4.69. The molecular weight excluding hydrogens is 162 g/mol.